The second-order valence-corrected chi connectivity index (χ2v) is 9.37. The van der Waals surface area contributed by atoms with Gasteiger partial charge in [-0.1, -0.05) is 18.2 Å². The van der Waals surface area contributed by atoms with Crippen LogP contribution in [-0.4, -0.2) is 51.5 Å². The summed E-state index contributed by atoms with van der Waals surface area (Å²) in [5.41, 5.74) is -1.50. The first-order valence-electron chi connectivity index (χ1n) is 11.8. The van der Waals surface area contributed by atoms with Crippen molar-refractivity contribution in [3.63, 3.8) is 0 Å². The van der Waals surface area contributed by atoms with Gasteiger partial charge >= 0.3 is 12.4 Å². The standard InChI is InChI=1S/C27H25F6N3O2.2ClH/c1-17-4-5-18(10-24(17)37)9-23-16-35(15-19-3-2-6-34-14-19)7-8-36(23)25(38)20-11-21(26(28,29)30)13-22(12-20)27(31,32)33;;/h2-6,10-14,23,37H,7-9,15-16H2,1H3;2*1H/t23-;;/m1../s1. The number of pyridine rings is 1. The zero-order valence-corrected chi connectivity index (χ0v) is 22.8. The number of hydrogen-bond acceptors (Lipinski definition) is 4. The molecule has 1 aliphatic rings. The number of aromatic nitrogens is 1. The number of halogens is 8. The molecule has 0 spiro atoms. The van der Waals surface area contributed by atoms with Gasteiger partial charge in [0.15, 0.2) is 0 Å². The van der Waals surface area contributed by atoms with Gasteiger partial charge in [0.25, 0.3) is 5.91 Å². The Balaban J connectivity index is 0.00000280. The molecule has 1 fully saturated rings. The summed E-state index contributed by atoms with van der Waals surface area (Å²) in [5.74, 6) is -0.861. The van der Waals surface area contributed by atoms with Crippen LogP contribution in [0.25, 0.3) is 0 Å². The maximum Gasteiger partial charge on any atom is 0.416 e. The fraction of sp³-hybridized carbons (Fsp3) is 0.333. The van der Waals surface area contributed by atoms with E-state index in [1.165, 1.54) is 4.90 Å². The minimum atomic E-state index is -5.06. The highest BCUT2D eigenvalue weighted by Crippen LogP contribution is 2.37. The molecule has 0 radical (unpaired) electrons. The van der Waals surface area contributed by atoms with Gasteiger partial charge in [-0.2, -0.15) is 26.3 Å². The summed E-state index contributed by atoms with van der Waals surface area (Å²) in [5, 5.41) is 10.1. The van der Waals surface area contributed by atoms with Crippen LogP contribution in [0.2, 0.25) is 0 Å². The third-order valence-corrected chi connectivity index (χ3v) is 6.54. The van der Waals surface area contributed by atoms with Crippen molar-refractivity contribution in [3.05, 3.63) is 94.3 Å². The van der Waals surface area contributed by atoms with E-state index in [-0.39, 0.29) is 49.6 Å². The number of phenolic OH excluding ortho intramolecular Hbond substituents is 1. The summed E-state index contributed by atoms with van der Waals surface area (Å²) < 4.78 is 80.4. The molecule has 0 saturated carbocycles. The molecule has 2 heterocycles. The minimum absolute atomic E-state index is 0. The Hall–Kier alpha value is -3.02. The summed E-state index contributed by atoms with van der Waals surface area (Å²) >= 11 is 0. The number of phenols is 1. The number of aromatic hydroxyl groups is 1. The topological polar surface area (TPSA) is 56.7 Å². The van der Waals surface area contributed by atoms with Crippen LogP contribution >= 0.6 is 24.8 Å². The molecule has 1 amide bonds. The Morgan fingerprint density at radius 3 is 2.15 bits per heavy atom. The molecule has 3 aromatic rings. The van der Waals surface area contributed by atoms with Crippen LogP contribution in [0.5, 0.6) is 5.75 Å². The van der Waals surface area contributed by atoms with Crippen molar-refractivity contribution < 1.29 is 36.2 Å². The molecule has 218 valence electrons. The molecule has 2 aromatic carbocycles. The highest BCUT2D eigenvalue weighted by atomic mass is 35.5. The van der Waals surface area contributed by atoms with Crippen LogP contribution in [0, 0.1) is 6.92 Å². The molecule has 40 heavy (non-hydrogen) atoms. The number of benzene rings is 2. The summed E-state index contributed by atoms with van der Waals surface area (Å²) in [6.45, 7) is 3.01. The van der Waals surface area contributed by atoms with E-state index in [1.54, 1.807) is 43.6 Å². The molecule has 1 atom stereocenters. The number of hydrogen-bond donors (Lipinski definition) is 1. The van der Waals surface area contributed by atoms with Crippen molar-refractivity contribution in [2.45, 2.75) is 38.3 Å². The first kappa shape index (κ1) is 33.2. The van der Waals surface area contributed by atoms with E-state index in [9.17, 15) is 36.2 Å². The van der Waals surface area contributed by atoms with E-state index >= 15 is 0 Å². The number of nitrogens with zero attached hydrogens (tertiary/aromatic N) is 3. The molecular formula is C27H27Cl2F6N3O2. The van der Waals surface area contributed by atoms with Gasteiger partial charge in [-0.15, -0.1) is 24.8 Å². The highest BCUT2D eigenvalue weighted by Gasteiger charge is 2.39. The van der Waals surface area contributed by atoms with Crippen molar-refractivity contribution >= 4 is 30.7 Å². The van der Waals surface area contributed by atoms with E-state index < -0.39 is 41.0 Å². The molecule has 1 aromatic heterocycles. The van der Waals surface area contributed by atoms with Gasteiger partial charge in [0.1, 0.15) is 5.75 Å². The average Bonchev–Trinajstić information content (AvgIpc) is 2.85. The fourth-order valence-corrected chi connectivity index (χ4v) is 4.55. The van der Waals surface area contributed by atoms with Crippen molar-refractivity contribution in [2.75, 3.05) is 19.6 Å². The maximum atomic E-state index is 13.5. The summed E-state index contributed by atoms with van der Waals surface area (Å²) in [6, 6.07) is 9.06. The zero-order valence-electron chi connectivity index (χ0n) is 21.2. The molecule has 1 aliphatic heterocycles. The lowest BCUT2D eigenvalue weighted by atomic mass is 9.98. The van der Waals surface area contributed by atoms with Crippen molar-refractivity contribution in [1.82, 2.24) is 14.8 Å². The van der Waals surface area contributed by atoms with Crippen LogP contribution in [0.15, 0.2) is 60.9 Å². The molecule has 4 rings (SSSR count). The molecule has 1 saturated heterocycles. The molecule has 13 heteroatoms. The van der Waals surface area contributed by atoms with Gasteiger partial charge in [0.05, 0.1) is 11.1 Å². The molecule has 5 nitrogen and oxygen atoms in total. The third kappa shape index (κ3) is 8.02. The second kappa shape index (κ2) is 13.1. The lowest BCUT2D eigenvalue weighted by molar-refractivity contribution is -0.143. The Bertz CT molecular complexity index is 1270. The lowest BCUT2D eigenvalue weighted by Gasteiger charge is -2.42. The first-order valence-corrected chi connectivity index (χ1v) is 11.8. The lowest BCUT2D eigenvalue weighted by Crippen LogP contribution is -2.55. The predicted octanol–water partition coefficient (Wildman–Crippen LogP) is 6.55. The Morgan fingerprint density at radius 2 is 1.60 bits per heavy atom. The van der Waals surface area contributed by atoms with Crippen molar-refractivity contribution in [2.24, 2.45) is 0 Å². The van der Waals surface area contributed by atoms with Gasteiger partial charge in [-0.25, -0.2) is 0 Å². The summed E-state index contributed by atoms with van der Waals surface area (Å²) in [7, 11) is 0. The van der Waals surface area contributed by atoms with Gasteiger partial charge in [0.2, 0.25) is 0 Å². The van der Waals surface area contributed by atoms with Crippen molar-refractivity contribution in [3.8, 4) is 5.75 Å². The Morgan fingerprint density at radius 1 is 0.950 bits per heavy atom. The number of alkyl halides is 6. The van der Waals surface area contributed by atoms with E-state index in [0.717, 1.165) is 5.56 Å². The predicted molar refractivity (Wildman–Crippen MR) is 142 cm³/mol. The number of aryl methyl sites for hydroxylation is 1. The third-order valence-electron chi connectivity index (χ3n) is 6.54. The molecule has 0 aliphatic carbocycles. The van der Waals surface area contributed by atoms with Gasteiger partial charge < -0.3 is 10.0 Å². The van der Waals surface area contributed by atoms with Crippen LogP contribution in [0.4, 0.5) is 26.3 Å². The SMILES string of the molecule is Cc1ccc(C[C@@H]2CN(Cc3cccnc3)CCN2C(=O)c2cc(C(F)(F)F)cc(C(F)(F)F)c2)cc1O.Cl.Cl. The fourth-order valence-electron chi connectivity index (χ4n) is 4.55. The van der Waals surface area contributed by atoms with Gasteiger partial charge in [-0.3, -0.25) is 14.7 Å². The molecule has 1 N–H and O–H groups in total. The Kier molecular flexibility index (Phi) is 10.9. The normalized spacial score (nSPS) is 16.2. The van der Waals surface area contributed by atoms with E-state index in [4.69, 9.17) is 0 Å². The Labute approximate surface area is 239 Å². The van der Waals surface area contributed by atoms with Crippen LogP contribution in [0.3, 0.4) is 0 Å². The number of amides is 1. The van der Waals surface area contributed by atoms with E-state index in [2.05, 4.69) is 4.98 Å². The van der Waals surface area contributed by atoms with Crippen molar-refractivity contribution in [1.29, 1.82) is 0 Å². The monoisotopic (exact) mass is 609 g/mol. The van der Waals surface area contributed by atoms with Crippen LogP contribution in [0.1, 0.15) is 38.2 Å². The maximum absolute atomic E-state index is 13.5. The van der Waals surface area contributed by atoms with Gasteiger partial charge in [0, 0.05) is 50.2 Å². The van der Waals surface area contributed by atoms with Crippen LogP contribution in [-0.2, 0) is 25.3 Å². The molecule has 0 unspecified atom stereocenters. The zero-order chi connectivity index (χ0) is 27.7. The first-order chi connectivity index (χ1) is 17.8. The van der Waals surface area contributed by atoms with E-state index in [1.807, 2.05) is 11.0 Å². The number of carbonyl (C=O) groups excluding carboxylic acids is 1. The second-order valence-electron chi connectivity index (χ2n) is 9.37. The number of piperazine rings is 1. The summed E-state index contributed by atoms with van der Waals surface area (Å²) in [6.07, 6.45) is -6.54. The summed E-state index contributed by atoms with van der Waals surface area (Å²) in [4.78, 5) is 20.9. The molecular weight excluding hydrogens is 583 g/mol. The number of rotatable bonds is 5. The smallest absolute Gasteiger partial charge is 0.416 e. The molecule has 0 bridgehead atoms. The highest BCUT2D eigenvalue weighted by molar-refractivity contribution is 5.95. The number of carbonyl (C=O) groups is 1. The largest absolute Gasteiger partial charge is 0.508 e. The quantitative estimate of drug-likeness (QED) is 0.334. The van der Waals surface area contributed by atoms with E-state index in [0.29, 0.717) is 42.9 Å². The van der Waals surface area contributed by atoms with Crippen LogP contribution < -0.4 is 0 Å². The van der Waals surface area contributed by atoms with Gasteiger partial charge in [-0.05, 0) is 60.4 Å². The minimum Gasteiger partial charge on any atom is -0.508 e. The average molecular weight is 610 g/mol.